The highest BCUT2D eigenvalue weighted by Gasteiger charge is 2.28. The summed E-state index contributed by atoms with van der Waals surface area (Å²) >= 11 is 0. The Morgan fingerprint density at radius 3 is 2.70 bits per heavy atom. The van der Waals surface area contributed by atoms with Gasteiger partial charge in [-0.1, -0.05) is 0 Å². The molecule has 3 nitrogen and oxygen atoms in total. The van der Waals surface area contributed by atoms with E-state index < -0.39 is 12.7 Å². The summed E-state index contributed by atoms with van der Waals surface area (Å²) in [6.07, 6.45) is -1.76. The Morgan fingerprint density at radius 1 is 1.30 bits per heavy atom. The number of aromatic amines is 1. The van der Waals surface area contributed by atoms with Gasteiger partial charge in [0.25, 0.3) is 0 Å². The van der Waals surface area contributed by atoms with Crippen molar-refractivity contribution in [3.8, 4) is 5.75 Å². The monoisotopic (exact) mass is 286 g/mol. The third kappa shape index (κ3) is 3.66. The highest BCUT2D eigenvalue weighted by Crippen LogP contribution is 2.24. The average Bonchev–Trinajstić information content (AvgIpc) is 2.76. The van der Waals surface area contributed by atoms with E-state index in [0.29, 0.717) is 13.0 Å². The summed E-state index contributed by atoms with van der Waals surface area (Å²) in [5.41, 5.74) is 1.95. The minimum Gasteiger partial charge on any atom is -0.497 e. The van der Waals surface area contributed by atoms with Crippen molar-refractivity contribution in [2.75, 3.05) is 27.2 Å². The lowest BCUT2D eigenvalue weighted by molar-refractivity contribution is -0.142. The molecule has 1 heterocycles. The van der Waals surface area contributed by atoms with E-state index >= 15 is 0 Å². The SMILES string of the molecule is COc1ccc2[nH]cc(CCN(C)CC(F)(F)F)c2c1. The highest BCUT2D eigenvalue weighted by molar-refractivity contribution is 5.84. The molecule has 0 atom stereocenters. The molecule has 0 unspecified atom stereocenters. The molecule has 1 aromatic heterocycles. The molecule has 110 valence electrons. The molecule has 20 heavy (non-hydrogen) atoms. The van der Waals surface area contributed by atoms with Crippen LogP contribution in [-0.4, -0.2) is 43.3 Å². The molecule has 0 saturated heterocycles. The normalized spacial score (nSPS) is 12.3. The number of likely N-dealkylation sites (N-methyl/N-ethyl adjacent to an activating group) is 1. The lowest BCUT2D eigenvalue weighted by atomic mass is 10.1. The number of rotatable bonds is 5. The number of methoxy groups -OCH3 is 1. The molecule has 0 bridgehead atoms. The number of halogens is 3. The van der Waals surface area contributed by atoms with Gasteiger partial charge in [0.2, 0.25) is 0 Å². The maximum atomic E-state index is 12.3. The van der Waals surface area contributed by atoms with Crippen LogP contribution in [0.2, 0.25) is 0 Å². The predicted molar refractivity (Wildman–Crippen MR) is 72.1 cm³/mol. The molecule has 2 rings (SSSR count). The zero-order valence-corrected chi connectivity index (χ0v) is 11.4. The number of H-pyrrole nitrogens is 1. The van der Waals surface area contributed by atoms with Crippen molar-refractivity contribution < 1.29 is 17.9 Å². The quantitative estimate of drug-likeness (QED) is 0.914. The fourth-order valence-electron chi connectivity index (χ4n) is 2.19. The molecule has 1 N–H and O–H groups in total. The molecule has 0 aliphatic carbocycles. The number of benzene rings is 1. The van der Waals surface area contributed by atoms with Crippen LogP contribution in [0, 0.1) is 0 Å². The van der Waals surface area contributed by atoms with Gasteiger partial charge in [-0.3, -0.25) is 4.90 Å². The van der Waals surface area contributed by atoms with E-state index in [9.17, 15) is 13.2 Å². The second-order valence-corrected chi connectivity index (χ2v) is 4.83. The van der Waals surface area contributed by atoms with E-state index in [0.717, 1.165) is 22.2 Å². The van der Waals surface area contributed by atoms with Crippen molar-refractivity contribution in [1.82, 2.24) is 9.88 Å². The highest BCUT2D eigenvalue weighted by atomic mass is 19.4. The third-order valence-corrected chi connectivity index (χ3v) is 3.19. The van der Waals surface area contributed by atoms with Gasteiger partial charge in [0.05, 0.1) is 13.7 Å². The molecule has 0 aliphatic heterocycles. The smallest absolute Gasteiger partial charge is 0.401 e. The maximum Gasteiger partial charge on any atom is 0.401 e. The van der Waals surface area contributed by atoms with Crippen LogP contribution >= 0.6 is 0 Å². The van der Waals surface area contributed by atoms with E-state index in [1.165, 1.54) is 11.9 Å². The Bertz CT molecular complexity index is 577. The average molecular weight is 286 g/mol. The van der Waals surface area contributed by atoms with Crippen LogP contribution in [0.15, 0.2) is 24.4 Å². The fourth-order valence-corrected chi connectivity index (χ4v) is 2.19. The lowest BCUT2D eigenvalue weighted by Gasteiger charge is -2.18. The minimum atomic E-state index is -4.15. The number of hydrogen-bond donors (Lipinski definition) is 1. The summed E-state index contributed by atoms with van der Waals surface area (Å²) in [6, 6.07) is 5.64. The number of fused-ring (bicyclic) bond motifs is 1. The summed E-state index contributed by atoms with van der Waals surface area (Å²) in [7, 11) is 3.06. The topological polar surface area (TPSA) is 28.3 Å². The molecular formula is C14H17F3N2O. The number of hydrogen-bond acceptors (Lipinski definition) is 2. The molecule has 2 aromatic rings. The number of alkyl halides is 3. The standard InChI is InChI=1S/C14H17F3N2O/c1-19(9-14(15,16)17)6-5-10-8-18-13-4-3-11(20-2)7-12(10)13/h3-4,7-8,18H,5-6,9H2,1-2H3. The zero-order chi connectivity index (χ0) is 14.8. The number of nitrogens with one attached hydrogen (secondary N) is 1. The zero-order valence-electron chi connectivity index (χ0n) is 11.4. The van der Waals surface area contributed by atoms with E-state index in [-0.39, 0.29) is 0 Å². The first-order valence-electron chi connectivity index (χ1n) is 6.28. The largest absolute Gasteiger partial charge is 0.497 e. The molecule has 0 radical (unpaired) electrons. The van der Waals surface area contributed by atoms with Crippen molar-refractivity contribution in [2.24, 2.45) is 0 Å². The summed E-state index contributed by atoms with van der Waals surface area (Å²) in [6.45, 7) is -0.539. The van der Waals surface area contributed by atoms with Gasteiger partial charge in [-0.05, 0) is 37.2 Å². The Labute approximate surface area is 115 Å². The van der Waals surface area contributed by atoms with Gasteiger partial charge in [0.1, 0.15) is 5.75 Å². The van der Waals surface area contributed by atoms with Crippen molar-refractivity contribution in [3.05, 3.63) is 30.0 Å². The second-order valence-electron chi connectivity index (χ2n) is 4.83. The van der Waals surface area contributed by atoms with Gasteiger partial charge in [-0.2, -0.15) is 13.2 Å². The Kier molecular flexibility index (Phi) is 4.23. The Hall–Kier alpha value is -1.69. The van der Waals surface area contributed by atoms with Crippen LogP contribution in [0.4, 0.5) is 13.2 Å². The Morgan fingerprint density at radius 2 is 2.05 bits per heavy atom. The summed E-state index contributed by atoms with van der Waals surface area (Å²) in [5, 5.41) is 0.991. The number of aromatic nitrogens is 1. The summed E-state index contributed by atoms with van der Waals surface area (Å²) < 4.78 is 41.9. The van der Waals surface area contributed by atoms with Gasteiger partial charge < -0.3 is 9.72 Å². The van der Waals surface area contributed by atoms with Crippen LogP contribution in [0.1, 0.15) is 5.56 Å². The van der Waals surface area contributed by atoms with Crippen LogP contribution in [0.25, 0.3) is 10.9 Å². The summed E-state index contributed by atoms with van der Waals surface area (Å²) in [5.74, 6) is 0.738. The summed E-state index contributed by atoms with van der Waals surface area (Å²) in [4.78, 5) is 4.39. The fraction of sp³-hybridized carbons (Fsp3) is 0.429. The van der Waals surface area contributed by atoms with Gasteiger partial charge in [0, 0.05) is 23.6 Å². The van der Waals surface area contributed by atoms with Gasteiger partial charge in [-0.15, -0.1) is 0 Å². The first-order chi connectivity index (χ1) is 9.39. The second kappa shape index (κ2) is 5.75. The van der Waals surface area contributed by atoms with Gasteiger partial charge in [0.15, 0.2) is 0 Å². The minimum absolute atomic E-state index is 0.351. The molecule has 0 aliphatic rings. The number of nitrogens with zero attached hydrogens (tertiary/aromatic N) is 1. The van der Waals surface area contributed by atoms with E-state index in [1.807, 2.05) is 24.4 Å². The van der Waals surface area contributed by atoms with Crippen molar-refractivity contribution >= 4 is 10.9 Å². The van der Waals surface area contributed by atoms with Crippen LogP contribution in [0.5, 0.6) is 5.75 Å². The molecule has 0 spiro atoms. The van der Waals surface area contributed by atoms with Crippen LogP contribution < -0.4 is 4.74 Å². The van der Waals surface area contributed by atoms with Crippen LogP contribution in [-0.2, 0) is 6.42 Å². The molecule has 6 heteroatoms. The van der Waals surface area contributed by atoms with Crippen LogP contribution in [0.3, 0.4) is 0 Å². The van der Waals surface area contributed by atoms with Crippen molar-refractivity contribution in [1.29, 1.82) is 0 Å². The van der Waals surface area contributed by atoms with Crippen molar-refractivity contribution in [2.45, 2.75) is 12.6 Å². The predicted octanol–water partition coefficient (Wildman–Crippen LogP) is 3.21. The molecule has 0 saturated carbocycles. The van der Waals surface area contributed by atoms with E-state index in [4.69, 9.17) is 4.74 Å². The van der Waals surface area contributed by atoms with E-state index in [1.54, 1.807) is 7.11 Å². The molecule has 0 amide bonds. The molecule has 1 aromatic carbocycles. The van der Waals surface area contributed by atoms with Gasteiger partial charge >= 0.3 is 6.18 Å². The third-order valence-electron chi connectivity index (χ3n) is 3.19. The molecule has 0 fully saturated rings. The van der Waals surface area contributed by atoms with E-state index in [2.05, 4.69) is 4.98 Å². The Balaban J connectivity index is 2.06. The first kappa shape index (κ1) is 14.7. The number of ether oxygens (including phenoxy) is 1. The van der Waals surface area contributed by atoms with Crippen molar-refractivity contribution in [3.63, 3.8) is 0 Å². The van der Waals surface area contributed by atoms with Gasteiger partial charge in [-0.25, -0.2) is 0 Å². The molecular weight excluding hydrogens is 269 g/mol. The first-order valence-corrected chi connectivity index (χ1v) is 6.28. The maximum absolute atomic E-state index is 12.3. The lowest BCUT2D eigenvalue weighted by Crippen LogP contribution is -2.32.